The number of benzene rings is 1. The zero-order chi connectivity index (χ0) is 20.9. The fourth-order valence-corrected chi connectivity index (χ4v) is 3.06. The maximum Gasteiger partial charge on any atom is 0.417 e. The lowest BCUT2D eigenvalue weighted by Gasteiger charge is -2.15. The Hall–Kier alpha value is -3.35. The Morgan fingerprint density at radius 2 is 1.79 bits per heavy atom. The van der Waals surface area contributed by atoms with Crippen molar-refractivity contribution in [1.82, 2.24) is 14.6 Å². The molecule has 0 radical (unpaired) electrons. The predicted molar refractivity (Wildman–Crippen MR) is 94.1 cm³/mol. The molecule has 2 aromatic heterocycles. The Bertz CT molecular complexity index is 1350. The Kier molecular flexibility index (Phi) is 4.41. The summed E-state index contributed by atoms with van der Waals surface area (Å²) >= 11 is 0. The quantitative estimate of drug-likeness (QED) is 0.574. The number of halogens is 3. The summed E-state index contributed by atoms with van der Waals surface area (Å²) in [6, 6.07) is 3.58. The molecular formula is C15H11F3N4O5S. The highest BCUT2D eigenvalue weighted by molar-refractivity contribution is 7.91. The molecule has 0 fully saturated rings. The van der Waals surface area contributed by atoms with Crippen LogP contribution in [0.5, 0.6) is 0 Å². The zero-order valence-electron chi connectivity index (χ0n) is 13.9. The minimum Gasteiger partial charge on any atom is -0.328 e. The summed E-state index contributed by atoms with van der Waals surface area (Å²) in [4.78, 5) is 41.6. The number of alkyl halides is 3. The van der Waals surface area contributed by atoms with Crippen LogP contribution in [-0.4, -0.2) is 29.3 Å². The van der Waals surface area contributed by atoms with Gasteiger partial charge in [-0.1, -0.05) is 0 Å². The highest BCUT2D eigenvalue weighted by Gasteiger charge is 2.34. The van der Waals surface area contributed by atoms with Crippen LogP contribution in [0.2, 0.25) is 0 Å². The first kappa shape index (κ1) is 19.4. The maximum absolute atomic E-state index is 13.5. The Balaban J connectivity index is 2.41. The van der Waals surface area contributed by atoms with Crippen molar-refractivity contribution in [3.63, 3.8) is 0 Å². The van der Waals surface area contributed by atoms with Gasteiger partial charge in [-0.15, -0.1) is 0 Å². The average Bonchev–Trinajstić information content (AvgIpc) is 2.57. The topological polar surface area (TPSA) is 134 Å². The van der Waals surface area contributed by atoms with Crippen LogP contribution in [0.1, 0.15) is 5.56 Å². The van der Waals surface area contributed by atoms with Gasteiger partial charge in [-0.05, 0) is 29.3 Å². The number of sulfonamides is 1. The van der Waals surface area contributed by atoms with Gasteiger partial charge in [0, 0.05) is 12.3 Å². The second-order valence-corrected chi connectivity index (χ2v) is 7.54. The van der Waals surface area contributed by atoms with Gasteiger partial charge in [0.15, 0.2) is 0 Å². The van der Waals surface area contributed by atoms with E-state index >= 15 is 0 Å². The van der Waals surface area contributed by atoms with Gasteiger partial charge in [0.05, 0.1) is 22.7 Å². The SMILES string of the molecule is CS(=O)(=O)Nn1c(=O)[nH]c2cc(C(F)(F)F)c(-c3ccc(=O)[nH]c3)cc2c1=O. The molecule has 9 nitrogen and oxygen atoms in total. The molecule has 3 rings (SSSR count). The molecule has 0 spiro atoms. The summed E-state index contributed by atoms with van der Waals surface area (Å²) in [5.74, 6) is 0. The Labute approximate surface area is 153 Å². The number of nitrogens with zero attached hydrogens (tertiary/aromatic N) is 1. The van der Waals surface area contributed by atoms with Crippen molar-refractivity contribution in [3.8, 4) is 11.1 Å². The lowest BCUT2D eigenvalue weighted by molar-refractivity contribution is -0.137. The van der Waals surface area contributed by atoms with E-state index in [-0.39, 0.29) is 15.6 Å². The van der Waals surface area contributed by atoms with Gasteiger partial charge in [-0.3, -0.25) is 9.59 Å². The third kappa shape index (κ3) is 3.69. The van der Waals surface area contributed by atoms with Gasteiger partial charge in [0.2, 0.25) is 15.6 Å². The van der Waals surface area contributed by atoms with Gasteiger partial charge >= 0.3 is 11.9 Å². The van der Waals surface area contributed by atoms with Gasteiger partial charge < -0.3 is 9.97 Å². The number of fused-ring (bicyclic) bond motifs is 1. The number of aromatic nitrogens is 3. The van der Waals surface area contributed by atoms with Crippen LogP contribution in [0.25, 0.3) is 22.0 Å². The second kappa shape index (κ2) is 6.37. The van der Waals surface area contributed by atoms with Gasteiger partial charge in [-0.25, -0.2) is 18.0 Å². The first-order valence-corrected chi connectivity index (χ1v) is 9.33. The van der Waals surface area contributed by atoms with E-state index in [1.807, 2.05) is 4.98 Å². The highest BCUT2D eigenvalue weighted by Crippen LogP contribution is 2.38. The van der Waals surface area contributed by atoms with Crippen molar-refractivity contribution in [3.05, 3.63) is 67.2 Å². The monoisotopic (exact) mass is 416 g/mol. The number of pyridine rings is 1. The number of hydrogen-bond acceptors (Lipinski definition) is 5. The molecule has 0 saturated carbocycles. The lowest BCUT2D eigenvalue weighted by atomic mass is 9.98. The van der Waals surface area contributed by atoms with Crippen LogP contribution >= 0.6 is 0 Å². The van der Waals surface area contributed by atoms with Crippen LogP contribution < -0.4 is 21.6 Å². The summed E-state index contributed by atoms with van der Waals surface area (Å²) < 4.78 is 63.3. The fourth-order valence-electron chi connectivity index (χ4n) is 2.56. The lowest BCUT2D eigenvalue weighted by Crippen LogP contribution is -2.43. The first-order chi connectivity index (χ1) is 12.9. The van der Waals surface area contributed by atoms with Gasteiger partial charge in [0.1, 0.15) is 0 Å². The van der Waals surface area contributed by atoms with Crippen LogP contribution in [0.3, 0.4) is 0 Å². The molecule has 28 heavy (non-hydrogen) atoms. The van der Waals surface area contributed by atoms with Crippen LogP contribution in [0.4, 0.5) is 13.2 Å². The summed E-state index contributed by atoms with van der Waals surface area (Å²) in [6.07, 6.45) is -3.10. The third-order valence-corrected chi connectivity index (χ3v) is 4.21. The summed E-state index contributed by atoms with van der Waals surface area (Å²) in [6.45, 7) is 0. The minimum absolute atomic E-state index is 0.0398. The van der Waals surface area contributed by atoms with Crippen molar-refractivity contribution in [1.29, 1.82) is 0 Å². The smallest absolute Gasteiger partial charge is 0.328 e. The number of aromatic amines is 2. The number of H-pyrrole nitrogens is 2. The molecule has 0 bridgehead atoms. The third-order valence-electron chi connectivity index (χ3n) is 3.69. The van der Waals surface area contributed by atoms with Crippen molar-refractivity contribution in [2.24, 2.45) is 0 Å². The Morgan fingerprint density at radius 3 is 2.32 bits per heavy atom. The standard InChI is InChI=1S/C15H11F3N4O5S/c1-28(26,27)21-22-13(24)9-4-8(7-2-3-12(23)19-6-7)10(15(16,17)18)5-11(9)20-14(22)25/h2-6,21H,1H3,(H,19,23)(H,20,25). The number of nitrogens with one attached hydrogen (secondary N) is 3. The number of hydrogen-bond donors (Lipinski definition) is 3. The largest absolute Gasteiger partial charge is 0.417 e. The fraction of sp³-hybridized carbons (Fsp3) is 0.133. The van der Waals surface area contributed by atoms with Crippen molar-refractivity contribution >= 4 is 20.9 Å². The molecule has 0 aliphatic rings. The van der Waals surface area contributed by atoms with Crippen molar-refractivity contribution in [2.75, 3.05) is 11.1 Å². The Morgan fingerprint density at radius 1 is 1.11 bits per heavy atom. The molecule has 148 valence electrons. The number of rotatable bonds is 3. The molecule has 0 unspecified atom stereocenters. The molecule has 3 N–H and O–H groups in total. The predicted octanol–water partition coefficient (Wildman–Crippen LogP) is 0.567. The zero-order valence-corrected chi connectivity index (χ0v) is 14.7. The summed E-state index contributed by atoms with van der Waals surface area (Å²) in [5.41, 5.74) is -5.02. The van der Waals surface area contributed by atoms with Crippen molar-refractivity contribution in [2.45, 2.75) is 6.18 Å². The highest BCUT2D eigenvalue weighted by atomic mass is 32.2. The molecule has 2 heterocycles. The van der Waals surface area contributed by atoms with Crippen molar-refractivity contribution < 1.29 is 21.6 Å². The van der Waals surface area contributed by atoms with Gasteiger partial charge in [0.25, 0.3) is 5.56 Å². The van der Waals surface area contributed by atoms with E-state index in [0.717, 1.165) is 24.4 Å². The second-order valence-electron chi connectivity index (χ2n) is 5.82. The molecule has 3 aromatic rings. The molecule has 13 heteroatoms. The molecule has 0 atom stereocenters. The molecule has 0 aliphatic heterocycles. The summed E-state index contributed by atoms with van der Waals surface area (Å²) in [7, 11) is -4.02. The van der Waals surface area contributed by atoms with Crippen LogP contribution in [0.15, 0.2) is 44.8 Å². The van der Waals surface area contributed by atoms with E-state index in [9.17, 15) is 36.0 Å². The van der Waals surface area contributed by atoms with E-state index in [1.165, 1.54) is 0 Å². The first-order valence-electron chi connectivity index (χ1n) is 7.44. The van der Waals surface area contributed by atoms with E-state index < -0.39 is 49.7 Å². The maximum atomic E-state index is 13.5. The van der Waals surface area contributed by atoms with E-state index in [4.69, 9.17) is 0 Å². The van der Waals surface area contributed by atoms with E-state index in [0.29, 0.717) is 12.3 Å². The normalized spacial score (nSPS) is 12.3. The van der Waals surface area contributed by atoms with Crippen LogP contribution in [0, 0.1) is 0 Å². The van der Waals surface area contributed by atoms with Gasteiger partial charge in [-0.2, -0.15) is 17.8 Å². The van der Waals surface area contributed by atoms with E-state index in [1.54, 1.807) is 4.83 Å². The molecule has 0 saturated heterocycles. The minimum atomic E-state index is -4.84. The summed E-state index contributed by atoms with van der Waals surface area (Å²) in [5, 5.41) is -0.370. The molecular weight excluding hydrogens is 405 g/mol. The molecule has 1 aromatic carbocycles. The molecule has 0 aliphatic carbocycles. The molecule has 0 amide bonds. The average molecular weight is 416 g/mol. The van der Waals surface area contributed by atoms with E-state index in [2.05, 4.69) is 4.98 Å². The van der Waals surface area contributed by atoms with Crippen LogP contribution in [-0.2, 0) is 16.2 Å².